The minimum Gasteiger partial charge on any atom is -0.465 e. The fourth-order valence-electron chi connectivity index (χ4n) is 2.22. The van der Waals surface area contributed by atoms with E-state index in [0.29, 0.717) is 22.4 Å². The lowest BCUT2D eigenvalue weighted by atomic mass is 10.1. The average Bonchev–Trinajstić information content (AvgIpc) is 2.70. The summed E-state index contributed by atoms with van der Waals surface area (Å²) < 4.78 is 9.54. The molecule has 7 nitrogen and oxygen atoms in total. The molecule has 2 rings (SSSR count). The molecule has 0 bridgehead atoms. The second-order valence-electron chi connectivity index (χ2n) is 5.74. The zero-order chi connectivity index (χ0) is 20.5. The summed E-state index contributed by atoms with van der Waals surface area (Å²) >= 11 is 0. The quantitative estimate of drug-likeness (QED) is 0.450. The third-order valence-electron chi connectivity index (χ3n) is 3.62. The van der Waals surface area contributed by atoms with Crippen molar-refractivity contribution in [3.8, 4) is 0 Å². The lowest BCUT2D eigenvalue weighted by molar-refractivity contribution is -0.136. The molecular weight excluding hydrogens is 362 g/mol. The van der Waals surface area contributed by atoms with Gasteiger partial charge in [-0.1, -0.05) is 12.1 Å². The lowest BCUT2D eigenvalue weighted by Gasteiger charge is -2.04. The van der Waals surface area contributed by atoms with Gasteiger partial charge < -0.3 is 14.8 Å². The number of nitrogens with one attached hydrogen (secondary N) is 1. The van der Waals surface area contributed by atoms with Gasteiger partial charge in [-0.05, 0) is 48.0 Å². The Morgan fingerprint density at radius 2 is 1.54 bits per heavy atom. The Morgan fingerprint density at radius 3 is 2.11 bits per heavy atom. The minimum absolute atomic E-state index is 0.209. The van der Waals surface area contributed by atoms with Crippen LogP contribution in [-0.4, -0.2) is 37.3 Å². The van der Waals surface area contributed by atoms with Crippen molar-refractivity contribution in [3.63, 3.8) is 0 Å². The summed E-state index contributed by atoms with van der Waals surface area (Å²) in [7, 11) is 1.30. The first kappa shape index (κ1) is 20.6. The van der Waals surface area contributed by atoms with Crippen molar-refractivity contribution in [2.75, 3.05) is 19.0 Å². The van der Waals surface area contributed by atoms with Gasteiger partial charge in [0.2, 0.25) is 5.91 Å². The summed E-state index contributed by atoms with van der Waals surface area (Å²) in [6.45, 7) is 0.990. The van der Waals surface area contributed by atoms with Crippen LogP contribution in [0.2, 0.25) is 0 Å². The molecule has 0 saturated heterocycles. The number of benzene rings is 2. The van der Waals surface area contributed by atoms with E-state index in [1.54, 1.807) is 48.5 Å². The number of carbonyl (C=O) groups excluding carboxylic acids is 4. The van der Waals surface area contributed by atoms with Crippen molar-refractivity contribution < 1.29 is 28.7 Å². The Bertz CT molecular complexity index is 897. The predicted octanol–water partition coefficient (Wildman–Crippen LogP) is 2.87. The summed E-state index contributed by atoms with van der Waals surface area (Å²) in [4.78, 5) is 46.1. The highest BCUT2D eigenvalue weighted by Crippen LogP contribution is 2.11. The molecule has 0 radical (unpaired) electrons. The smallest absolute Gasteiger partial charge is 0.337 e. The lowest BCUT2D eigenvalue weighted by Crippen LogP contribution is -2.13. The summed E-state index contributed by atoms with van der Waals surface area (Å²) in [5, 5.41) is 2.60. The van der Waals surface area contributed by atoms with Gasteiger partial charge in [-0.15, -0.1) is 0 Å². The molecule has 1 amide bonds. The zero-order valence-electron chi connectivity index (χ0n) is 15.4. The number of hydrogen-bond donors (Lipinski definition) is 1. The van der Waals surface area contributed by atoms with Crippen molar-refractivity contribution in [2.24, 2.45) is 0 Å². The summed E-state index contributed by atoms with van der Waals surface area (Å²) in [5.41, 5.74) is 2.02. The van der Waals surface area contributed by atoms with Crippen LogP contribution in [0.15, 0.2) is 54.6 Å². The van der Waals surface area contributed by atoms with E-state index < -0.39 is 18.5 Å². The number of carbonyl (C=O) groups is 4. The molecule has 0 atom stereocenters. The van der Waals surface area contributed by atoms with E-state index >= 15 is 0 Å². The maximum absolute atomic E-state index is 12.1. The molecule has 2 aromatic rings. The molecule has 2 aromatic carbocycles. The molecule has 0 spiro atoms. The summed E-state index contributed by atoms with van der Waals surface area (Å²) in [5.74, 6) is -1.68. The van der Waals surface area contributed by atoms with Crippen LogP contribution in [-0.2, 0) is 19.1 Å². The van der Waals surface area contributed by atoms with Crippen LogP contribution in [0.4, 0.5) is 5.69 Å². The zero-order valence-corrected chi connectivity index (χ0v) is 15.4. The fraction of sp³-hybridized carbons (Fsp3) is 0.143. The van der Waals surface area contributed by atoms with Gasteiger partial charge in [0.05, 0.1) is 12.7 Å². The number of methoxy groups -OCH3 is 1. The molecule has 0 aliphatic carbocycles. The monoisotopic (exact) mass is 381 g/mol. The number of anilines is 1. The van der Waals surface area contributed by atoms with Crippen molar-refractivity contribution >= 4 is 35.4 Å². The largest absolute Gasteiger partial charge is 0.465 e. The van der Waals surface area contributed by atoms with E-state index in [9.17, 15) is 19.2 Å². The van der Waals surface area contributed by atoms with Gasteiger partial charge in [0.15, 0.2) is 12.4 Å². The first-order chi connectivity index (χ1) is 13.4. The number of amides is 1. The SMILES string of the molecule is COC(=O)c1ccc(/C=C/C(=O)OCC(=O)c2ccc(NC(C)=O)cc2)cc1. The highest BCUT2D eigenvalue weighted by atomic mass is 16.5. The van der Waals surface area contributed by atoms with E-state index in [-0.39, 0.29) is 11.7 Å². The van der Waals surface area contributed by atoms with Crippen LogP contribution in [0, 0.1) is 0 Å². The Labute approximate surface area is 162 Å². The molecule has 144 valence electrons. The standard InChI is InChI=1S/C21H19NO6/c1-14(23)22-18-10-8-16(9-11-18)19(24)13-28-20(25)12-5-15-3-6-17(7-4-15)21(26)27-2/h3-12H,13H2,1-2H3,(H,22,23)/b12-5+. The van der Waals surface area contributed by atoms with Crippen LogP contribution in [0.5, 0.6) is 0 Å². The Kier molecular flexibility index (Phi) is 7.21. The number of ether oxygens (including phenoxy) is 2. The molecule has 0 heterocycles. The first-order valence-corrected chi connectivity index (χ1v) is 8.33. The molecule has 7 heteroatoms. The molecule has 0 saturated carbocycles. The van der Waals surface area contributed by atoms with Gasteiger partial charge in [0.25, 0.3) is 0 Å². The van der Waals surface area contributed by atoms with Crippen LogP contribution < -0.4 is 5.32 Å². The molecule has 0 aliphatic heterocycles. The van der Waals surface area contributed by atoms with E-state index in [1.807, 2.05) is 0 Å². The second kappa shape index (κ2) is 9.82. The Hall–Kier alpha value is -3.74. The molecule has 0 unspecified atom stereocenters. The Balaban J connectivity index is 1.85. The van der Waals surface area contributed by atoms with E-state index in [2.05, 4.69) is 10.1 Å². The average molecular weight is 381 g/mol. The molecule has 28 heavy (non-hydrogen) atoms. The van der Waals surface area contributed by atoms with Gasteiger partial charge in [-0.3, -0.25) is 9.59 Å². The second-order valence-corrected chi connectivity index (χ2v) is 5.74. The molecular formula is C21H19NO6. The van der Waals surface area contributed by atoms with Crippen LogP contribution in [0.1, 0.15) is 33.2 Å². The van der Waals surface area contributed by atoms with Crippen molar-refractivity contribution in [2.45, 2.75) is 6.92 Å². The molecule has 1 N–H and O–H groups in total. The first-order valence-electron chi connectivity index (χ1n) is 8.33. The van der Waals surface area contributed by atoms with E-state index in [4.69, 9.17) is 4.74 Å². The van der Waals surface area contributed by atoms with E-state index in [1.165, 1.54) is 26.2 Å². The molecule has 0 aliphatic rings. The minimum atomic E-state index is -0.666. The van der Waals surface area contributed by atoms with Gasteiger partial charge in [0.1, 0.15) is 0 Å². The maximum atomic E-state index is 12.1. The van der Waals surface area contributed by atoms with Gasteiger partial charge in [-0.2, -0.15) is 0 Å². The third kappa shape index (κ3) is 6.21. The summed E-state index contributed by atoms with van der Waals surface area (Å²) in [6, 6.07) is 12.7. The predicted molar refractivity (Wildman–Crippen MR) is 103 cm³/mol. The maximum Gasteiger partial charge on any atom is 0.337 e. The van der Waals surface area contributed by atoms with Gasteiger partial charge in [0, 0.05) is 24.3 Å². The molecule has 0 aromatic heterocycles. The van der Waals surface area contributed by atoms with Crippen molar-refractivity contribution in [3.05, 3.63) is 71.3 Å². The van der Waals surface area contributed by atoms with Crippen LogP contribution in [0.25, 0.3) is 6.08 Å². The summed E-state index contributed by atoms with van der Waals surface area (Å²) in [6.07, 6.45) is 2.70. The third-order valence-corrected chi connectivity index (χ3v) is 3.62. The fourth-order valence-corrected chi connectivity index (χ4v) is 2.22. The van der Waals surface area contributed by atoms with E-state index in [0.717, 1.165) is 0 Å². The highest BCUT2D eigenvalue weighted by Gasteiger charge is 2.09. The van der Waals surface area contributed by atoms with Gasteiger partial charge in [-0.25, -0.2) is 9.59 Å². The number of hydrogen-bond acceptors (Lipinski definition) is 6. The highest BCUT2D eigenvalue weighted by molar-refractivity contribution is 5.99. The Morgan fingerprint density at radius 1 is 0.929 bits per heavy atom. The normalized spacial score (nSPS) is 10.4. The van der Waals surface area contributed by atoms with Gasteiger partial charge >= 0.3 is 11.9 Å². The number of ketones is 1. The van der Waals surface area contributed by atoms with Crippen molar-refractivity contribution in [1.82, 2.24) is 0 Å². The number of rotatable bonds is 7. The van der Waals surface area contributed by atoms with Crippen LogP contribution in [0.3, 0.4) is 0 Å². The topological polar surface area (TPSA) is 98.8 Å². The number of esters is 2. The van der Waals surface area contributed by atoms with Crippen LogP contribution >= 0.6 is 0 Å². The molecule has 0 fully saturated rings. The number of Topliss-reactive ketones (excluding diaryl/α,β-unsaturated/α-hetero) is 1. The van der Waals surface area contributed by atoms with Crippen molar-refractivity contribution in [1.29, 1.82) is 0 Å².